The number of anilines is 1. The summed E-state index contributed by atoms with van der Waals surface area (Å²) in [5, 5.41) is 0. The van der Waals surface area contributed by atoms with Gasteiger partial charge in [-0.05, 0) is 30.5 Å². The van der Waals surface area contributed by atoms with Gasteiger partial charge >= 0.3 is 0 Å². The predicted molar refractivity (Wildman–Crippen MR) is 87.3 cm³/mol. The highest BCUT2D eigenvalue weighted by Gasteiger charge is 2.44. The van der Waals surface area contributed by atoms with Crippen molar-refractivity contribution in [2.75, 3.05) is 11.9 Å². The van der Waals surface area contributed by atoms with Crippen molar-refractivity contribution in [3.8, 4) is 0 Å². The molecule has 0 aromatic heterocycles. The molecule has 2 aromatic carbocycles. The third kappa shape index (κ3) is 2.27. The Morgan fingerprint density at radius 1 is 1.05 bits per heavy atom. The van der Waals surface area contributed by atoms with Crippen LogP contribution < -0.4 is 4.90 Å². The van der Waals surface area contributed by atoms with E-state index in [-0.39, 0.29) is 5.91 Å². The smallest absolute Gasteiger partial charge is 0.237 e. The third-order valence-electron chi connectivity index (χ3n) is 4.27. The first kappa shape index (κ1) is 13.6. The second-order valence-corrected chi connectivity index (χ2v) is 5.73. The summed E-state index contributed by atoms with van der Waals surface area (Å²) in [4.78, 5) is 14.4. The van der Waals surface area contributed by atoms with Gasteiger partial charge < -0.3 is 4.90 Å². The van der Waals surface area contributed by atoms with Crippen LogP contribution in [-0.2, 0) is 10.2 Å². The summed E-state index contributed by atoms with van der Waals surface area (Å²) >= 11 is 0. The Kier molecular flexibility index (Phi) is 3.38. The van der Waals surface area contributed by atoms with Crippen molar-refractivity contribution in [1.82, 2.24) is 0 Å². The number of amides is 1. The molecular weight excluding hydrogens is 258 g/mol. The number of allylic oxidation sites excluding steroid dienone is 1. The minimum Gasteiger partial charge on any atom is -0.314 e. The normalized spacial score (nSPS) is 21.0. The maximum atomic E-state index is 12.6. The van der Waals surface area contributed by atoms with E-state index in [4.69, 9.17) is 0 Å². The van der Waals surface area contributed by atoms with Gasteiger partial charge in [0.15, 0.2) is 0 Å². The van der Waals surface area contributed by atoms with Crippen molar-refractivity contribution in [2.24, 2.45) is 0 Å². The molecule has 2 aromatic rings. The number of nitrogens with zero attached hydrogens (tertiary/aromatic N) is 1. The molecule has 1 atom stereocenters. The van der Waals surface area contributed by atoms with Crippen molar-refractivity contribution in [3.05, 3.63) is 71.8 Å². The Labute approximate surface area is 125 Å². The lowest BCUT2D eigenvalue weighted by atomic mass is 9.80. The summed E-state index contributed by atoms with van der Waals surface area (Å²) in [5.74, 6) is 0.168. The van der Waals surface area contributed by atoms with Crippen LogP contribution in [0.1, 0.15) is 24.5 Å². The minimum atomic E-state index is -0.462. The molecule has 1 aliphatic rings. The minimum absolute atomic E-state index is 0.168. The topological polar surface area (TPSA) is 20.3 Å². The van der Waals surface area contributed by atoms with E-state index in [1.807, 2.05) is 50.4 Å². The van der Waals surface area contributed by atoms with Crippen LogP contribution in [0.4, 0.5) is 5.69 Å². The quantitative estimate of drug-likeness (QED) is 0.829. The van der Waals surface area contributed by atoms with Crippen molar-refractivity contribution < 1.29 is 4.79 Å². The first-order valence-electron chi connectivity index (χ1n) is 7.22. The molecule has 1 unspecified atom stereocenters. The number of carbonyl (C=O) groups is 1. The Balaban J connectivity index is 1.88. The highest BCUT2D eigenvalue weighted by atomic mass is 16.2. The van der Waals surface area contributed by atoms with Crippen molar-refractivity contribution >= 4 is 17.7 Å². The molecule has 0 fully saturated rings. The van der Waals surface area contributed by atoms with E-state index >= 15 is 0 Å². The van der Waals surface area contributed by atoms with Crippen LogP contribution in [0.2, 0.25) is 0 Å². The maximum absolute atomic E-state index is 12.6. The second-order valence-electron chi connectivity index (χ2n) is 5.73. The van der Waals surface area contributed by atoms with E-state index in [1.54, 1.807) is 4.90 Å². The molecule has 0 spiro atoms. The van der Waals surface area contributed by atoms with Gasteiger partial charge in [-0.15, -0.1) is 0 Å². The molecule has 2 heteroatoms. The molecule has 2 nitrogen and oxygen atoms in total. The molecule has 0 radical (unpaired) electrons. The lowest BCUT2D eigenvalue weighted by Crippen LogP contribution is -2.35. The first-order chi connectivity index (χ1) is 10.1. The van der Waals surface area contributed by atoms with E-state index in [2.05, 4.69) is 30.4 Å². The molecule has 3 rings (SSSR count). The summed E-state index contributed by atoms with van der Waals surface area (Å²) in [6.07, 6.45) is 4.89. The van der Waals surface area contributed by atoms with E-state index in [9.17, 15) is 4.79 Å². The van der Waals surface area contributed by atoms with Gasteiger partial charge in [0.2, 0.25) is 5.91 Å². The van der Waals surface area contributed by atoms with Crippen LogP contribution >= 0.6 is 0 Å². The molecule has 106 valence electrons. The summed E-state index contributed by atoms with van der Waals surface area (Å²) in [7, 11) is 1.85. The van der Waals surface area contributed by atoms with Gasteiger partial charge in [0.1, 0.15) is 0 Å². The van der Waals surface area contributed by atoms with E-state index in [0.717, 1.165) is 16.8 Å². The third-order valence-corrected chi connectivity index (χ3v) is 4.27. The summed E-state index contributed by atoms with van der Waals surface area (Å²) in [5.41, 5.74) is 2.85. The van der Waals surface area contributed by atoms with Gasteiger partial charge in [0.25, 0.3) is 0 Å². The molecule has 0 saturated carbocycles. The Morgan fingerprint density at radius 2 is 1.71 bits per heavy atom. The van der Waals surface area contributed by atoms with Crippen LogP contribution in [0.25, 0.3) is 6.08 Å². The Hall–Kier alpha value is -2.35. The number of carbonyl (C=O) groups excluding carboxylic acids is 1. The van der Waals surface area contributed by atoms with Gasteiger partial charge in [0, 0.05) is 12.7 Å². The fourth-order valence-corrected chi connectivity index (χ4v) is 3.02. The molecule has 0 bridgehead atoms. The molecule has 21 heavy (non-hydrogen) atoms. The van der Waals surface area contributed by atoms with Crippen molar-refractivity contribution in [2.45, 2.75) is 18.8 Å². The van der Waals surface area contributed by atoms with Crippen LogP contribution in [0.3, 0.4) is 0 Å². The van der Waals surface area contributed by atoms with E-state index in [0.29, 0.717) is 6.42 Å². The number of rotatable bonds is 3. The number of fused-ring (bicyclic) bond motifs is 1. The zero-order valence-corrected chi connectivity index (χ0v) is 12.4. The average Bonchev–Trinajstić information content (AvgIpc) is 2.71. The molecule has 1 amide bonds. The second kappa shape index (κ2) is 5.21. The number of para-hydroxylation sites is 1. The summed E-state index contributed by atoms with van der Waals surface area (Å²) in [6.45, 7) is 2.03. The highest BCUT2D eigenvalue weighted by molar-refractivity contribution is 6.07. The van der Waals surface area contributed by atoms with Crippen LogP contribution in [-0.4, -0.2) is 13.0 Å². The van der Waals surface area contributed by atoms with Crippen molar-refractivity contribution in [3.63, 3.8) is 0 Å². The van der Waals surface area contributed by atoms with E-state index < -0.39 is 5.41 Å². The SMILES string of the molecule is CN1C(=O)C(C)(C/C=C/c2ccccc2)c2ccccc21. The molecular formula is C19H19NO. The summed E-state index contributed by atoms with van der Waals surface area (Å²) in [6, 6.07) is 18.2. The van der Waals surface area contributed by atoms with Crippen molar-refractivity contribution in [1.29, 1.82) is 0 Å². The fourth-order valence-electron chi connectivity index (χ4n) is 3.02. The van der Waals surface area contributed by atoms with Gasteiger partial charge in [-0.3, -0.25) is 4.79 Å². The Morgan fingerprint density at radius 3 is 2.48 bits per heavy atom. The highest BCUT2D eigenvalue weighted by Crippen LogP contribution is 2.43. The van der Waals surface area contributed by atoms with Gasteiger partial charge in [-0.2, -0.15) is 0 Å². The van der Waals surface area contributed by atoms with E-state index in [1.165, 1.54) is 0 Å². The average molecular weight is 277 g/mol. The number of hydrogen-bond acceptors (Lipinski definition) is 1. The monoisotopic (exact) mass is 277 g/mol. The lowest BCUT2D eigenvalue weighted by Gasteiger charge is -2.21. The predicted octanol–water partition coefficient (Wildman–Crippen LogP) is 4.02. The zero-order valence-electron chi connectivity index (χ0n) is 12.4. The number of hydrogen-bond donors (Lipinski definition) is 0. The molecule has 1 heterocycles. The zero-order chi connectivity index (χ0) is 14.9. The van der Waals surface area contributed by atoms with Crippen LogP contribution in [0, 0.1) is 0 Å². The molecule has 0 aliphatic carbocycles. The largest absolute Gasteiger partial charge is 0.314 e. The van der Waals surface area contributed by atoms with Crippen LogP contribution in [0.5, 0.6) is 0 Å². The Bertz CT molecular complexity index is 690. The van der Waals surface area contributed by atoms with Gasteiger partial charge in [0.05, 0.1) is 5.41 Å². The number of benzene rings is 2. The van der Waals surface area contributed by atoms with Gasteiger partial charge in [-0.25, -0.2) is 0 Å². The molecule has 0 N–H and O–H groups in total. The summed E-state index contributed by atoms with van der Waals surface area (Å²) < 4.78 is 0. The lowest BCUT2D eigenvalue weighted by molar-refractivity contribution is -0.122. The number of likely N-dealkylation sites (N-methyl/N-ethyl adjacent to an activating group) is 1. The van der Waals surface area contributed by atoms with Gasteiger partial charge in [-0.1, -0.05) is 60.7 Å². The standard InChI is InChI=1S/C19H19NO/c1-19(14-8-11-15-9-4-3-5-10-15)16-12-6-7-13-17(16)20(2)18(19)21/h3-13H,14H2,1-2H3/b11-8+. The molecule has 0 saturated heterocycles. The molecule has 1 aliphatic heterocycles. The van der Waals surface area contributed by atoms with Crippen LogP contribution in [0.15, 0.2) is 60.7 Å². The fraction of sp³-hybridized carbons (Fsp3) is 0.211. The maximum Gasteiger partial charge on any atom is 0.237 e. The first-order valence-corrected chi connectivity index (χ1v) is 7.22.